The average molecular weight is 383 g/mol. The number of hydrogen-bond donors (Lipinski definition) is 1. The number of hydrogen-bond acceptors (Lipinski definition) is 1. The number of unbranched alkanes of at least 4 members (excludes halogenated alkanes) is 12. The number of aromatic carboxylic acids is 1. The predicted molar refractivity (Wildman–Crippen MR) is 120 cm³/mol. The molecule has 2 heteroatoms. The van der Waals surface area contributed by atoms with Gasteiger partial charge in [-0.15, -0.1) is 0 Å². The Balaban J connectivity index is 1.59. The maximum absolute atomic E-state index is 11.4. The molecule has 0 radical (unpaired) electrons. The summed E-state index contributed by atoms with van der Waals surface area (Å²) in [5.74, 6) is -0.844. The average Bonchev–Trinajstić information content (AvgIpc) is 2.71. The van der Waals surface area contributed by atoms with E-state index in [-0.39, 0.29) is 0 Å². The van der Waals surface area contributed by atoms with Gasteiger partial charge in [0.1, 0.15) is 0 Å². The van der Waals surface area contributed by atoms with Gasteiger partial charge in [0, 0.05) is 0 Å². The van der Waals surface area contributed by atoms with Crippen LogP contribution in [0.1, 0.15) is 106 Å². The molecule has 0 saturated heterocycles. The van der Waals surface area contributed by atoms with Crippen LogP contribution >= 0.6 is 0 Å². The molecular weight excluding hydrogens is 344 g/mol. The monoisotopic (exact) mass is 382 g/mol. The first-order valence-corrected chi connectivity index (χ1v) is 11.5. The lowest BCUT2D eigenvalue weighted by atomic mass is 9.96. The van der Waals surface area contributed by atoms with Gasteiger partial charge in [-0.25, -0.2) is 4.79 Å². The lowest BCUT2D eigenvalue weighted by Gasteiger charge is -2.09. The van der Waals surface area contributed by atoms with Gasteiger partial charge in [-0.3, -0.25) is 0 Å². The summed E-state index contributed by atoms with van der Waals surface area (Å²) < 4.78 is 0. The van der Waals surface area contributed by atoms with Gasteiger partial charge in [-0.2, -0.15) is 0 Å². The number of carboxylic acid groups (broad SMARTS) is 1. The van der Waals surface area contributed by atoms with Crippen molar-refractivity contribution in [3.05, 3.63) is 47.5 Å². The fourth-order valence-corrected chi connectivity index (χ4v) is 4.11. The highest BCUT2D eigenvalue weighted by atomic mass is 16.4. The highest BCUT2D eigenvalue weighted by Crippen LogP contribution is 2.24. The van der Waals surface area contributed by atoms with E-state index < -0.39 is 5.97 Å². The fourth-order valence-electron chi connectivity index (χ4n) is 4.11. The van der Waals surface area contributed by atoms with E-state index in [0.717, 1.165) is 17.2 Å². The SMILES string of the molecule is CCCCCCCCCCCCCCCc1cccc2c(C(=O)O)cccc12. The third kappa shape index (κ3) is 7.66. The van der Waals surface area contributed by atoms with Crippen molar-refractivity contribution in [3.63, 3.8) is 0 Å². The Morgan fingerprint density at radius 2 is 1.18 bits per heavy atom. The first kappa shape index (κ1) is 22.5. The molecule has 0 unspecified atom stereocenters. The molecule has 1 N–H and O–H groups in total. The summed E-state index contributed by atoms with van der Waals surface area (Å²) in [6, 6.07) is 11.7. The molecule has 0 saturated carbocycles. The van der Waals surface area contributed by atoms with Crippen molar-refractivity contribution in [2.24, 2.45) is 0 Å². The number of carbonyl (C=O) groups is 1. The fraction of sp³-hybridized carbons (Fsp3) is 0.577. The third-order valence-electron chi connectivity index (χ3n) is 5.79. The van der Waals surface area contributed by atoms with Crippen LogP contribution in [0.15, 0.2) is 36.4 Å². The summed E-state index contributed by atoms with van der Waals surface area (Å²) >= 11 is 0. The molecule has 0 fully saturated rings. The van der Waals surface area contributed by atoms with Crippen molar-refractivity contribution in [2.75, 3.05) is 0 Å². The Kier molecular flexibility index (Phi) is 10.7. The predicted octanol–water partition coefficient (Wildman–Crippen LogP) is 8.17. The summed E-state index contributed by atoms with van der Waals surface area (Å²) in [6.45, 7) is 2.28. The second-order valence-corrected chi connectivity index (χ2v) is 8.12. The minimum absolute atomic E-state index is 0.407. The summed E-state index contributed by atoms with van der Waals surface area (Å²) in [6.07, 6.45) is 18.8. The molecule has 0 atom stereocenters. The lowest BCUT2D eigenvalue weighted by Crippen LogP contribution is -1.98. The van der Waals surface area contributed by atoms with Crippen LogP contribution < -0.4 is 0 Å². The zero-order valence-electron chi connectivity index (χ0n) is 17.7. The molecule has 0 spiro atoms. The first-order chi connectivity index (χ1) is 13.7. The van der Waals surface area contributed by atoms with E-state index in [1.54, 1.807) is 6.07 Å². The molecule has 0 aliphatic heterocycles. The molecule has 2 aromatic carbocycles. The molecule has 0 aliphatic rings. The van der Waals surface area contributed by atoms with E-state index in [1.807, 2.05) is 18.2 Å². The van der Waals surface area contributed by atoms with E-state index >= 15 is 0 Å². The maximum Gasteiger partial charge on any atom is 0.336 e. The van der Waals surface area contributed by atoms with Gasteiger partial charge in [0.15, 0.2) is 0 Å². The molecule has 0 aromatic heterocycles. The van der Waals surface area contributed by atoms with Crippen LogP contribution in [0.25, 0.3) is 10.8 Å². The Labute approximate surface area is 171 Å². The number of benzene rings is 2. The number of carboxylic acids is 1. The van der Waals surface area contributed by atoms with Crippen molar-refractivity contribution < 1.29 is 9.90 Å². The van der Waals surface area contributed by atoms with Gasteiger partial charge < -0.3 is 5.11 Å². The van der Waals surface area contributed by atoms with Crippen molar-refractivity contribution in [1.29, 1.82) is 0 Å². The van der Waals surface area contributed by atoms with Crippen LogP contribution in [0.2, 0.25) is 0 Å². The van der Waals surface area contributed by atoms with Gasteiger partial charge in [-0.05, 0) is 35.2 Å². The smallest absolute Gasteiger partial charge is 0.336 e. The zero-order chi connectivity index (χ0) is 20.0. The number of rotatable bonds is 15. The van der Waals surface area contributed by atoms with E-state index in [2.05, 4.69) is 19.1 Å². The van der Waals surface area contributed by atoms with Gasteiger partial charge >= 0.3 is 5.97 Å². The Bertz CT molecular complexity index is 705. The standard InChI is InChI=1S/C26H38O2/c1-2-3-4-5-6-7-8-9-10-11-12-13-14-17-22-18-15-20-24-23(22)19-16-21-25(24)26(27)28/h15-16,18-21H,2-14,17H2,1H3,(H,27,28). The minimum atomic E-state index is -0.844. The van der Waals surface area contributed by atoms with E-state index in [1.165, 1.54) is 89.0 Å². The van der Waals surface area contributed by atoms with Crippen LogP contribution in [0, 0.1) is 0 Å². The van der Waals surface area contributed by atoms with Crippen LogP contribution in [0.4, 0.5) is 0 Å². The molecule has 28 heavy (non-hydrogen) atoms. The summed E-state index contributed by atoms with van der Waals surface area (Å²) in [4.78, 5) is 11.4. The van der Waals surface area contributed by atoms with Crippen molar-refractivity contribution in [3.8, 4) is 0 Å². The molecule has 154 valence electrons. The van der Waals surface area contributed by atoms with E-state index in [4.69, 9.17) is 0 Å². The molecule has 0 aliphatic carbocycles. The van der Waals surface area contributed by atoms with Gasteiger partial charge in [0.2, 0.25) is 0 Å². The highest BCUT2D eigenvalue weighted by molar-refractivity contribution is 6.04. The van der Waals surface area contributed by atoms with Crippen molar-refractivity contribution >= 4 is 16.7 Å². The molecule has 2 rings (SSSR count). The van der Waals surface area contributed by atoms with Crippen molar-refractivity contribution in [1.82, 2.24) is 0 Å². The summed E-state index contributed by atoms with van der Waals surface area (Å²) in [7, 11) is 0. The van der Waals surface area contributed by atoms with Crippen molar-refractivity contribution in [2.45, 2.75) is 96.8 Å². The molecule has 0 bridgehead atoms. The second kappa shape index (κ2) is 13.4. The Hall–Kier alpha value is -1.83. The van der Waals surface area contributed by atoms with Gasteiger partial charge in [-0.1, -0.05) is 114 Å². The normalized spacial score (nSPS) is 11.2. The number of aryl methyl sites for hydroxylation is 1. The quantitative estimate of drug-likeness (QED) is 0.315. The molecule has 2 nitrogen and oxygen atoms in total. The van der Waals surface area contributed by atoms with E-state index in [9.17, 15) is 9.90 Å². The van der Waals surface area contributed by atoms with Crippen LogP contribution in [0.5, 0.6) is 0 Å². The molecular formula is C26H38O2. The third-order valence-corrected chi connectivity index (χ3v) is 5.79. The van der Waals surface area contributed by atoms with Crippen LogP contribution in [-0.4, -0.2) is 11.1 Å². The largest absolute Gasteiger partial charge is 0.478 e. The summed E-state index contributed by atoms with van der Waals surface area (Å²) in [5.41, 5.74) is 1.69. The lowest BCUT2D eigenvalue weighted by molar-refractivity contribution is 0.0699. The highest BCUT2D eigenvalue weighted by Gasteiger charge is 2.09. The van der Waals surface area contributed by atoms with Crippen LogP contribution in [0.3, 0.4) is 0 Å². The Morgan fingerprint density at radius 1 is 0.679 bits per heavy atom. The molecule has 0 amide bonds. The van der Waals surface area contributed by atoms with Gasteiger partial charge in [0.25, 0.3) is 0 Å². The molecule has 2 aromatic rings. The number of fused-ring (bicyclic) bond motifs is 1. The van der Waals surface area contributed by atoms with E-state index in [0.29, 0.717) is 5.56 Å². The Morgan fingerprint density at radius 3 is 1.75 bits per heavy atom. The zero-order valence-corrected chi connectivity index (χ0v) is 17.7. The second-order valence-electron chi connectivity index (χ2n) is 8.12. The van der Waals surface area contributed by atoms with Gasteiger partial charge in [0.05, 0.1) is 5.56 Å². The maximum atomic E-state index is 11.4. The molecule has 0 heterocycles. The first-order valence-electron chi connectivity index (χ1n) is 11.5. The summed E-state index contributed by atoms with van der Waals surface area (Å²) in [5, 5.41) is 11.3. The van der Waals surface area contributed by atoms with Crippen LogP contribution in [-0.2, 0) is 6.42 Å². The topological polar surface area (TPSA) is 37.3 Å². The minimum Gasteiger partial charge on any atom is -0.478 e.